The van der Waals surface area contributed by atoms with Gasteiger partial charge < -0.3 is 14.6 Å². The van der Waals surface area contributed by atoms with Crippen molar-refractivity contribution in [3.63, 3.8) is 0 Å². The third-order valence-electron chi connectivity index (χ3n) is 2.40. The first-order chi connectivity index (χ1) is 8.61. The van der Waals surface area contributed by atoms with Crippen molar-refractivity contribution in [3.05, 3.63) is 0 Å². The van der Waals surface area contributed by atoms with Crippen LogP contribution in [0.4, 0.5) is 0 Å². The first-order valence-electron chi connectivity index (χ1n) is 6.62. The van der Waals surface area contributed by atoms with Crippen LogP contribution >= 0.6 is 0 Å². The van der Waals surface area contributed by atoms with Gasteiger partial charge in [0.15, 0.2) is 6.10 Å². The molecule has 0 unspecified atom stereocenters. The van der Waals surface area contributed by atoms with E-state index in [1.165, 1.54) is 0 Å². The summed E-state index contributed by atoms with van der Waals surface area (Å²) in [4.78, 5) is 22.5. The van der Waals surface area contributed by atoms with Crippen LogP contribution in [0.25, 0.3) is 0 Å². The van der Waals surface area contributed by atoms with Crippen molar-refractivity contribution in [2.75, 3.05) is 13.2 Å². The summed E-state index contributed by atoms with van der Waals surface area (Å²) >= 11 is 0. The molecule has 0 saturated carbocycles. The number of aliphatic hydroxyl groups is 1. The lowest BCUT2D eigenvalue weighted by atomic mass is 10.2. The molecule has 0 bridgehead atoms. The standard InChI is InChI=1S/C13H24O5/c1-3-5-9-17-12(15)8-7-11(14)13(16)18-10-6-4-2/h11,14H,3-10H2,1-2H3/t11-/m0/s1. The Kier molecular flexibility index (Phi) is 10.3. The van der Waals surface area contributed by atoms with Gasteiger partial charge in [-0.2, -0.15) is 0 Å². The van der Waals surface area contributed by atoms with Gasteiger partial charge in [0, 0.05) is 6.42 Å². The monoisotopic (exact) mass is 260 g/mol. The zero-order chi connectivity index (χ0) is 13.8. The maximum absolute atomic E-state index is 11.3. The number of hydrogen-bond donors (Lipinski definition) is 1. The van der Waals surface area contributed by atoms with Gasteiger partial charge in [0.05, 0.1) is 13.2 Å². The summed E-state index contributed by atoms with van der Waals surface area (Å²) in [5.74, 6) is -1.05. The van der Waals surface area contributed by atoms with Crippen molar-refractivity contribution in [2.24, 2.45) is 0 Å². The van der Waals surface area contributed by atoms with Crippen LogP contribution in [-0.2, 0) is 19.1 Å². The molecule has 0 aromatic rings. The smallest absolute Gasteiger partial charge is 0.334 e. The first kappa shape index (κ1) is 16.9. The number of unbranched alkanes of at least 4 members (excludes halogenated alkanes) is 2. The Hall–Kier alpha value is -1.10. The fourth-order valence-corrected chi connectivity index (χ4v) is 1.19. The predicted octanol–water partition coefficient (Wildman–Crippen LogP) is 1.81. The predicted molar refractivity (Wildman–Crippen MR) is 67.0 cm³/mol. The minimum Gasteiger partial charge on any atom is -0.466 e. The molecule has 0 aromatic carbocycles. The molecule has 0 rings (SSSR count). The second-order valence-corrected chi connectivity index (χ2v) is 4.15. The van der Waals surface area contributed by atoms with Crippen LogP contribution in [0.2, 0.25) is 0 Å². The van der Waals surface area contributed by atoms with Gasteiger partial charge in [-0.25, -0.2) is 4.79 Å². The van der Waals surface area contributed by atoms with Crippen LogP contribution in [0.3, 0.4) is 0 Å². The number of carbonyl (C=O) groups excluding carboxylic acids is 2. The van der Waals surface area contributed by atoms with Crippen molar-refractivity contribution in [2.45, 2.75) is 58.5 Å². The van der Waals surface area contributed by atoms with E-state index in [0.29, 0.717) is 13.2 Å². The third-order valence-corrected chi connectivity index (χ3v) is 2.40. The van der Waals surface area contributed by atoms with Crippen LogP contribution in [0, 0.1) is 0 Å². The average Bonchev–Trinajstić information content (AvgIpc) is 2.36. The SMILES string of the molecule is CCCCOC(=O)CC[C@H](O)C(=O)OCCCC. The van der Waals surface area contributed by atoms with E-state index >= 15 is 0 Å². The van der Waals surface area contributed by atoms with E-state index in [0.717, 1.165) is 25.7 Å². The van der Waals surface area contributed by atoms with Gasteiger partial charge in [0.2, 0.25) is 0 Å². The summed E-state index contributed by atoms with van der Waals surface area (Å²) in [5.41, 5.74) is 0. The van der Waals surface area contributed by atoms with Gasteiger partial charge in [-0.1, -0.05) is 26.7 Å². The highest BCUT2D eigenvalue weighted by Gasteiger charge is 2.18. The number of ether oxygens (including phenoxy) is 2. The Balaban J connectivity index is 3.64. The fourth-order valence-electron chi connectivity index (χ4n) is 1.19. The van der Waals surface area contributed by atoms with E-state index in [2.05, 4.69) is 0 Å². The number of esters is 2. The van der Waals surface area contributed by atoms with Crippen molar-refractivity contribution in [3.8, 4) is 0 Å². The molecule has 0 aromatic heterocycles. The molecule has 5 nitrogen and oxygen atoms in total. The van der Waals surface area contributed by atoms with E-state index < -0.39 is 12.1 Å². The number of rotatable bonds is 10. The Bertz CT molecular complexity index is 240. The van der Waals surface area contributed by atoms with E-state index in [4.69, 9.17) is 9.47 Å². The largest absolute Gasteiger partial charge is 0.466 e. The molecule has 106 valence electrons. The van der Waals surface area contributed by atoms with Crippen LogP contribution in [0.15, 0.2) is 0 Å². The lowest BCUT2D eigenvalue weighted by Gasteiger charge is -2.10. The molecule has 0 spiro atoms. The Morgan fingerprint density at radius 1 is 1.06 bits per heavy atom. The zero-order valence-corrected chi connectivity index (χ0v) is 11.3. The molecule has 0 radical (unpaired) electrons. The van der Waals surface area contributed by atoms with E-state index in [-0.39, 0.29) is 18.8 Å². The normalized spacial score (nSPS) is 11.9. The minimum absolute atomic E-state index is 0.0355. The van der Waals surface area contributed by atoms with Gasteiger partial charge in [0.1, 0.15) is 0 Å². The topological polar surface area (TPSA) is 72.8 Å². The van der Waals surface area contributed by atoms with Crippen LogP contribution in [-0.4, -0.2) is 36.4 Å². The summed E-state index contributed by atoms with van der Waals surface area (Å²) in [6.45, 7) is 4.69. The van der Waals surface area contributed by atoms with E-state index in [1.807, 2.05) is 13.8 Å². The van der Waals surface area contributed by atoms with Gasteiger partial charge in [0.25, 0.3) is 0 Å². The summed E-state index contributed by atoms with van der Waals surface area (Å²) in [5, 5.41) is 9.46. The van der Waals surface area contributed by atoms with Crippen LogP contribution in [0.1, 0.15) is 52.4 Å². The second-order valence-electron chi connectivity index (χ2n) is 4.15. The van der Waals surface area contributed by atoms with Crippen molar-refractivity contribution in [1.82, 2.24) is 0 Å². The molecule has 18 heavy (non-hydrogen) atoms. The average molecular weight is 260 g/mol. The summed E-state index contributed by atoms with van der Waals surface area (Å²) < 4.78 is 9.74. The molecular formula is C13H24O5. The van der Waals surface area contributed by atoms with E-state index in [1.54, 1.807) is 0 Å². The molecule has 0 heterocycles. The Morgan fingerprint density at radius 3 is 2.17 bits per heavy atom. The molecular weight excluding hydrogens is 236 g/mol. The third kappa shape index (κ3) is 8.98. The fraction of sp³-hybridized carbons (Fsp3) is 0.846. The maximum Gasteiger partial charge on any atom is 0.334 e. The highest BCUT2D eigenvalue weighted by atomic mass is 16.5. The van der Waals surface area contributed by atoms with E-state index in [9.17, 15) is 14.7 Å². The zero-order valence-electron chi connectivity index (χ0n) is 11.3. The van der Waals surface area contributed by atoms with Crippen molar-refractivity contribution >= 4 is 11.9 Å². The summed E-state index contributed by atoms with van der Waals surface area (Å²) in [6, 6.07) is 0. The molecule has 0 aliphatic carbocycles. The molecule has 1 N–H and O–H groups in total. The number of carbonyl (C=O) groups is 2. The summed E-state index contributed by atoms with van der Waals surface area (Å²) in [6.07, 6.45) is 2.34. The lowest BCUT2D eigenvalue weighted by Crippen LogP contribution is -2.24. The highest BCUT2D eigenvalue weighted by Crippen LogP contribution is 2.03. The molecule has 5 heteroatoms. The molecule has 0 amide bonds. The van der Waals surface area contributed by atoms with Crippen molar-refractivity contribution in [1.29, 1.82) is 0 Å². The van der Waals surface area contributed by atoms with Crippen molar-refractivity contribution < 1.29 is 24.2 Å². The Labute approximate surface area is 108 Å². The Morgan fingerprint density at radius 2 is 1.61 bits per heavy atom. The van der Waals surface area contributed by atoms with Gasteiger partial charge in [-0.3, -0.25) is 4.79 Å². The molecule has 0 aliphatic rings. The minimum atomic E-state index is -1.24. The maximum atomic E-state index is 11.3. The molecule has 0 saturated heterocycles. The lowest BCUT2D eigenvalue weighted by molar-refractivity contribution is -0.155. The van der Waals surface area contributed by atoms with Gasteiger partial charge >= 0.3 is 11.9 Å². The number of hydrogen-bond acceptors (Lipinski definition) is 5. The van der Waals surface area contributed by atoms with Gasteiger partial charge in [-0.05, 0) is 19.3 Å². The quantitative estimate of drug-likeness (QED) is 0.479. The second kappa shape index (κ2) is 11.0. The van der Waals surface area contributed by atoms with Gasteiger partial charge in [-0.15, -0.1) is 0 Å². The van der Waals surface area contributed by atoms with Crippen LogP contribution < -0.4 is 0 Å². The molecule has 0 fully saturated rings. The molecule has 1 atom stereocenters. The number of aliphatic hydroxyl groups excluding tert-OH is 1. The highest BCUT2D eigenvalue weighted by molar-refractivity contribution is 5.76. The summed E-state index contributed by atoms with van der Waals surface area (Å²) in [7, 11) is 0. The molecule has 0 aliphatic heterocycles. The van der Waals surface area contributed by atoms with Crippen LogP contribution in [0.5, 0.6) is 0 Å². The first-order valence-corrected chi connectivity index (χ1v) is 6.62.